The van der Waals surface area contributed by atoms with E-state index in [1.54, 1.807) is 0 Å². The van der Waals surface area contributed by atoms with E-state index in [-0.39, 0.29) is 35.9 Å². The van der Waals surface area contributed by atoms with Crippen molar-refractivity contribution in [2.45, 2.75) is 12.3 Å². The molecule has 0 bridgehead atoms. The summed E-state index contributed by atoms with van der Waals surface area (Å²) in [6.07, 6.45) is -3.20. The largest absolute Gasteiger partial charge is 0.471 e. The molecule has 0 spiro atoms. The van der Waals surface area contributed by atoms with Crippen molar-refractivity contribution in [2.24, 2.45) is 0 Å². The van der Waals surface area contributed by atoms with Crippen molar-refractivity contribution in [1.82, 2.24) is 25.2 Å². The van der Waals surface area contributed by atoms with Gasteiger partial charge >= 0.3 is 18.2 Å². The Morgan fingerprint density at radius 2 is 2.13 bits per heavy atom. The standard InChI is InChI=1S/C17H12F4N6O4/c18-12-3-10(26-7-11(5-22-8-28)30-16(26)29)1-2-13(12)27-6-9(4-23-27)14-24-15(31-25-14)17(19,20)21/h1-4,6,8,11H,5,7H2,(H,22,28). The third-order valence-corrected chi connectivity index (χ3v) is 4.30. The zero-order valence-electron chi connectivity index (χ0n) is 15.3. The van der Waals surface area contributed by atoms with Crippen LogP contribution >= 0.6 is 0 Å². The van der Waals surface area contributed by atoms with Crippen LogP contribution in [0.3, 0.4) is 0 Å². The monoisotopic (exact) mass is 440 g/mol. The van der Waals surface area contributed by atoms with Crippen LogP contribution in [-0.2, 0) is 15.7 Å². The average Bonchev–Trinajstić information content (AvgIpc) is 3.45. The van der Waals surface area contributed by atoms with E-state index < -0.39 is 30.1 Å². The quantitative estimate of drug-likeness (QED) is 0.461. The normalized spacial score (nSPS) is 16.5. The summed E-state index contributed by atoms with van der Waals surface area (Å²) in [5.74, 6) is -2.62. The second-order valence-corrected chi connectivity index (χ2v) is 6.37. The Kier molecular flexibility index (Phi) is 5.04. The molecule has 14 heteroatoms. The first-order valence-corrected chi connectivity index (χ1v) is 8.67. The molecular weight excluding hydrogens is 428 g/mol. The van der Waals surface area contributed by atoms with E-state index in [4.69, 9.17) is 4.74 Å². The molecule has 2 aromatic heterocycles. The molecule has 1 aromatic carbocycles. The summed E-state index contributed by atoms with van der Waals surface area (Å²) in [5.41, 5.74) is 0.276. The van der Waals surface area contributed by atoms with Crippen molar-refractivity contribution in [2.75, 3.05) is 18.0 Å². The van der Waals surface area contributed by atoms with Crippen LogP contribution < -0.4 is 10.2 Å². The molecule has 0 aliphatic carbocycles. The lowest BCUT2D eigenvalue weighted by molar-refractivity contribution is -0.159. The Morgan fingerprint density at radius 3 is 2.81 bits per heavy atom. The number of alkyl halides is 3. The molecule has 1 fully saturated rings. The van der Waals surface area contributed by atoms with Gasteiger partial charge in [0.05, 0.1) is 30.5 Å². The lowest BCUT2D eigenvalue weighted by Gasteiger charge is -2.14. The molecule has 0 radical (unpaired) electrons. The number of anilines is 1. The fourth-order valence-corrected chi connectivity index (χ4v) is 2.89. The lowest BCUT2D eigenvalue weighted by Crippen LogP contribution is -2.30. The van der Waals surface area contributed by atoms with Crippen molar-refractivity contribution in [1.29, 1.82) is 0 Å². The highest BCUT2D eigenvalue weighted by atomic mass is 19.4. The van der Waals surface area contributed by atoms with E-state index in [1.165, 1.54) is 23.2 Å². The van der Waals surface area contributed by atoms with Crippen molar-refractivity contribution >= 4 is 18.2 Å². The van der Waals surface area contributed by atoms with Crippen molar-refractivity contribution in [3.8, 4) is 17.1 Å². The van der Waals surface area contributed by atoms with E-state index in [0.29, 0.717) is 6.41 Å². The first-order chi connectivity index (χ1) is 14.8. The average molecular weight is 440 g/mol. The molecule has 162 valence electrons. The summed E-state index contributed by atoms with van der Waals surface area (Å²) >= 11 is 0. The number of cyclic esters (lactones) is 1. The zero-order chi connectivity index (χ0) is 22.2. The molecule has 1 saturated heterocycles. The summed E-state index contributed by atoms with van der Waals surface area (Å²) in [7, 11) is 0. The predicted molar refractivity (Wildman–Crippen MR) is 93.5 cm³/mol. The van der Waals surface area contributed by atoms with E-state index in [1.807, 2.05) is 0 Å². The summed E-state index contributed by atoms with van der Waals surface area (Å²) in [5, 5.41) is 9.56. The SMILES string of the molecule is O=CNCC1CN(c2ccc(-n3cc(-c4noc(C(F)(F)F)n4)cn3)c(F)c2)C(=O)O1. The first kappa shape index (κ1) is 20.3. The van der Waals surface area contributed by atoms with E-state index >= 15 is 0 Å². The molecule has 1 unspecified atom stereocenters. The van der Waals surface area contributed by atoms with Gasteiger partial charge in [-0.25, -0.2) is 13.9 Å². The Bertz CT molecular complexity index is 1130. The van der Waals surface area contributed by atoms with Gasteiger partial charge in [-0.1, -0.05) is 5.16 Å². The smallest absolute Gasteiger partial charge is 0.442 e. The molecule has 2 amide bonds. The predicted octanol–water partition coefficient (Wildman–Crippen LogP) is 2.15. The van der Waals surface area contributed by atoms with Crippen LogP contribution in [0.4, 0.5) is 28.0 Å². The molecule has 1 aliphatic rings. The molecule has 10 nitrogen and oxygen atoms in total. The van der Waals surface area contributed by atoms with Gasteiger partial charge in [0.2, 0.25) is 12.2 Å². The van der Waals surface area contributed by atoms with Gasteiger partial charge in [0.25, 0.3) is 0 Å². The van der Waals surface area contributed by atoms with Crippen LogP contribution in [0.5, 0.6) is 0 Å². The summed E-state index contributed by atoms with van der Waals surface area (Å²) in [4.78, 5) is 26.8. The number of carbonyl (C=O) groups excluding carboxylic acids is 2. The minimum Gasteiger partial charge on any atom is -0.442 e. The van der Waals surface area contributed by atoms with E-state index in [0.717, 1.165) is 16.9 Å². The van der Waals surface area contributed by atoms with Gasteiger partial charge in [-0.2, -0.15) is 23.3 Å². The Morgan fingerprint density at radius 1 is 1.32 bits per heavy atom. The number of ether oxygens (including phenoxy) is 1. The van der Waals surface area contributed by atoms with Gasteiger partial charge in [-0.15, -0.1) is 0 Å². The molecular formula is C17H12F4N6O4. The number of aromatic nitrogens is 4. The summed E-state index contributed by atoms with van der Waals surface area (Å²) in [6.45, 7) is 0.234. The van der Waals surface area contributed by atoms with Crippen LogP contribution in [-0.4, -0.2) is 51.6 Å². The molecule has 1 aliphatic heterocycles. The number of nitrogens with one attached hydrogen (secondary N) is 1. The van der Waals surface area contributed by atoms with Crippen molar-refractivity contribution < 1.29 is 36.4 Å². The minimum atomic E-state index is -4.79. The van der Waals surface area contributed by atoms with E-state index in [9.17, 15) is 27.2 Å². The minimum absolute atomic E-state index is 0.0266. The Hall–Kier alpha value is -3.97. The fraction of sp³-hybridized carbons (Fsp3) is 0.235. The number of hydrogen-bond donors (Lipinski definition) is 1. The third-order valence-electron chi connectivity index (χ3n) is 4.30. The highest BCUT2D eigenvalue weighted by Gasteiger charge is 2.38. The number of halogens is 4. The van der Waals surface area contributed by atoms with Gasteiger partial charge in [0, 0.05) is 6.20 Å². The van der Waals surface area contributed by atoms with Gasteiger partial charge in [0.1, 0.15) is 11.8 Å². The Labute approximate surface area is 170 Å². The summed E-state index contributed by atoms with van der Waals surface area (Å²) < 4.78 is 62.8. The highest BCUT2D eigenvalue weighted by molar-refractivity contribution is 5.89. The van der Waals surface area contributed by atoms with Gasteiger partial charge in [-0.05, 0) is 18.2 Å². The molecule has 1 atom stereocenters. The maximum absolute atomic E-state index is 14.7. The topological polar surface area (TPSA) is 115 Å². The van der Waals surface area contributed by atoms with Gasteiger partial charge in [0.15, 0.2) is 5.82 Å². The number of hydrogen-bond acceptors (Lipinski definition) is 7. The highest BCUT2D eigenvalue weighted by Crippen LogP contribution is 2.30. The maximum Gasteiger partial charge on any atom is 0.471 e. The molecule has 3 aromatic rings. The van der Waals surface area contributed by atoms with Crippen LogP contribution in [0.1, 0.15) is 5.89 Å². The van der Waals surface area contributed by atoms with E-state index in [2.05, 4.69) is 25.1 Å². The second kappa shape index (κ2) is 7.70. The molecule has 3 heterocycles. The first-order valence-electron chi connectivity index (χ1n) is 8.67. The third kappa shape index (κ3) is 4.04. The fourth-order valence-electron chi connectivity index (χ4n) is 2.89. The lowest BCUT2D eigenvalue weighted by atomic mass is 10.2. The van der Waals surface area contributed by atoms with Crippen LogP contribution in [0.25, 0.3) is 17.1 Å². The molecule has 4 rings (SSSR count). The van der Waals surface area contributed by atoms with Crippen molar-refractivity contribution in [3.05, 3.63) is 42.3 Å². The van der Waals surface area contributed by atoms with Crippen LogP contribution in [0.2, 0.25) is 0 Å². The molecule has 1 N–H and O–H groups in total. The number of carbonyl (C=O) groups is 2. The number of benzene rings is 1. The zero-order valence-corrected chi connectivity index (χ0v) is 15.3. The van der Waals surface area contributed by atoms with Gasteiger partial charge in [-0.3, -0.25) is 9.69 Å². The second-order valence-electron chi connectivity index (χ2n) is 6.37. The number of nitrogens with zero attached hydrogens (tertiary/aromatic N) is 5. The maximum atomic E-state index is 14.7. The molecule has 0 saturated carbocycles. The number of amides is 2. The van der Waals surface area contributed by atoms with Crippen LogP contribution in [0, 0.1) is 5.82 Å². The van der Waals surface area contributed by atoms with Crippen molar-refractivity contribution in [3.63, 3.8) is 0 Å². The molecule has 31 heavy (non-hydrogen) atoms. The summed E-state index contributed by atoms with van der Waals surface area (Å²) in [6, 6.07) is 3.87. The Balaban J connectivity index is 1.54. The van der Waals surface area contributed by atoms with Gasteiger partial charge < -0.3 is 14.6 Å². The van der Waals surface area contributed by atoms with Crippen LogP contribution in [0.15, 0.2) is 35.1 Å². The number of rotatable bonds is 6.